The van der Waals surface area contributed by atoms with Crippen LogP contribution in [0.15, 0.2) is 33.9 Å². The second-order valence-electron chi connectivity index (χ2n) is 9.07. The molecule has 1 heterocycles. The minimum Gasteiger partial charge on any atom is -0.494 e. The number of hydrogen-bond donors (Lipinski definition) is 1. The minimum absolute atomic E-state index is 0.163. The smallest absolute Gasteiger partial charge is 0.349 e. The summed E-state index contributed by atoms with van der Waals surface area (Å²) in [6.45, 7) is 8.88. The molecule has 10 heteroatoms. The van der Waals surface area contributed by atoms with Crippen molar-refractivity contribution < 1.29 is 19.0 Å². The van der Waals surface area contributed by atoms with Crippen LogP contribution in [0.2, 0.25) is 0 Å². The van der Waals surface area contributed by atoms with Gasteiger partial charge in [0.05, 0.1) is 13.2 Å². The van der Waals surface area contributed by atoms with Crippen LogP contribution in [0.25, 0.3) is 0 Å². The first-order valence-electron chi connectivity index (χ1n) is 12.7. The molecule has 1 N–H and O–H groups in total. The number of benzene rings is 1. The molecule has 0 bridgehead atoms. The number of ether oxygens (including phenoxy) is 3. The largest absolute Gasteiger partial charge is 0.494 e. The Morgan fingerprint density at radius 2 is 1.67 bits per heavy atom. The van der Waals surface area contributed by atoms with E-state index in [2.05, 4.69) is 17.3 Å². The average Bonchev–Trinajstić information content (AvgIpc) is 2.85. The Hall–Kier alpha value is -3.30. The van der Waals surface area contributed by atoms with Crippen molar-refractivity contribution in [3.8, 4) is 11.5 Å². The first kappa shape index (κ1) is 28.9. The maximum Gasteiger partial charge on any atom is 0.349 e. The van der Waals surface area contributed by atoms with Gasteiger partial charge in [-0.2, -0.15) is 0 Å². The van der Waals surface area contributed by atoms with Gasteiger partial charge in [0.2, 0.25) is 5.82 Å². The molecule has 200 valence electrons. The van der Waals surface area contributed by atoms with Crippen molar-refractivity contribution in [2.75, 3.05) is 25.1 Å². The molecule has 0 unspecified atom stereocenters. The first-order valence-corrected chi connectivity index (χ1v) is 12.7. The molecule has 36 heavy (non-hydrogen) atoms. The molecule has 10 nitrogen and oxygen atoms in total. The van der Waals surface area contributed by atoms with Crippen LogP contribution < -0.4 is 26.0 Å². The Kier molecular flexibility index (Phi) is 11.5. The summed E-state index contributed by atoms with van der Waals surface area (Å²) in [5, 5.41) is 7.27. The lowest BCUT2D eigenvalue weighted by Gasteiger charge is -2.24. The Balaban J connectivity index is 1.82. The van der Waals surface area contributed by atoms with Crippen LogP contribution in [0.4, 0.5) is 5.82 Å². The predicted molar refractivity (Wildman–Crippen MR) is 139 cm³/mol. The van der Waals surface area contributed by atoms with Gasteiger partial charge < -0.3 is 19.5 Å². The zero-order valence-corrected chi connectivity index (χ0v) is 22.2. The number of aromatic nitrogens is 3. The number of rotatable bonds is 16. The molecule has 0 spiro atoms. The van der Waals surface area contributed by atoms with Crippen LogP contribution in [0.5, 0.6) is 11.5 Å². The molecule has 0 atom stereocenters. The normalized spacial score (nSPS) is 11.2. The lowest BCUT2D eigenvalue weighted by Crippen LogP contribution is -2.41. The van der Waals surface area contributed by atoms with Gasteiger partial charge in [0.25, 0.3) is 5.56 Å². The van der Waals surface area contributed by atoms with Gasteiger partial charge in [-0.3, -0.25) is 9.36 Å². The van der Waals surface area contributed by atoms with Gasteiger partial charge in [0, 0.05) is 20.1 Å². The Morgan fingerprint density at radius 1 is 1.00 bits per heavy atom. The standard InChI is InChI=1S/C26H40N4O6/c1-6-8-9-10-11-18-30-25(33)29(5)23(31)22(28-30)27-17-12-19-35-20-13-15-21(16-14-20)36-26(3,4)24(32)34-7-2/h13-16H,6-12,17-19H2,1-5H3,(H,27,28). The number of hydrogen-bond acceptors (Lipinski definition) is 8. The maximum absolute atomic E-state index is 12.4. The molecule has 0 aliphatic rings. The van der Waals surface area contributed by atoms with Crippen LogP contribution in [-0.4, -0.2) is 45.7 Å². The quantitative estimate of drug-likeness (QED) is 0.273. The van der Waals surface area contributed by atoms with Crippen molar-refractivity contribution in [1.29, 1.82) is 0 Å². The van der Waals surface area contributed by atoms with Gasteiger partial charge in [-0.15, -0.1) is 5.10 Å². The Labute approximate surface area is 212 Å². The number of nitrogens with one attached hydrogen (secondary N) is 1. The van der Waals surface area contributed by atoms with Gasteiger partial charge in [0.1, 0.15) is 11.5 Å². The number of carbonyl (C=O) groups is 1. The highest BCUT2D eigenvalue weighted by Gasteiger charge is 2.31. The highest BCUT2D eigenvalue weighted by molar-refractivity contribution is 5.79. The molecule has 0 radical (unpaired) electrons. The fourth-order valence-electron chi connectivity index (χ4n) is 3.46. The Bertz CT molecular complexity index is 1080. The van der Waals surface area contributed by atoms with E-state index in [0.717, 1.165) is 30.3 Å². The highest BCUT2D eigenvalue weighted by Crippen LogP contribution is 2.23. The van der Waals surface area contributed by atoms with E-state index in [9.17, 15) is 14.4 Å². The highest BCUT2D eigenvalue weighted by atomic mass is 16.6. The lowest BCUT2D eigenvalue weighted by molar-refractivity contribution is -0.158. The van der Waals surface area contributed by atoms with Gasteiger partial charge >= 0.3 is 11.7 Å². The Morgan fingerprint density at radius 3 is 2.33 bits per heavy atom. The molecule has 0 saturated heterocycles. The van der Waals surface area contributed by atoms with Crippen LogP contribution in [-0.2, 0) is 23.1 Å². The summed E-state index contributed by atoms with van der Waals surface area (Å²) < 4.78 is 19.0. The molecule has 1 aromatic carbocycles. The zero-order valence-electron chi connectivity index (χ0n) is 22.2. The van der Waals surface area contributed by atoms with Crippen LogP contribution in [0.3, 0.4) is 0 Å². The third-order valence-corrected chi connectivity index (χ3v) is 5.56. The summed E-state index contributed by atoms with van der Waals surface area (Å²) in [5.41, 5.74) is -1.93. The van der Waals surface area contributed by atoms with E-state index in [1.54, 1.807) is 45.0 Å². The second-order valence-corrected chi connectivity index (χ2v) is 9.07. The van der Waals surface area contributed by atoms with E-state index < -0.39 is 22.8 Å². The molecule has 0 aliphatic heterocycles. The monoisotopic (exact) mass is 504 g/mol. The van der Waals surface area contributed by atoms with E-state index in [-0.39, 0.29) is 5.82 Å². The van der Waals surface area contributed by atoms with E-state index in [1.807, 2.05) is 0 Å². The molecule has 0 fully saturated rings. The molecule has 2 aromatic rings. The number of carbonyl (C=O) groups excluding carboxylic acids is 1. The van der Waals surface area contributed by atoms with Gasteiger partial charge in [-0.1, -0.05) is 32.6 Å². The summed E-state index contributed by atoms with van der Waals surface area (Å²) in [5.74, 6) is 0.923. The molecule has 1 aromatic heterocycles. The number of unbranched alkanes of at least 4 members (excludes halogenated alkanes) is 4. The van der Waals surface area contributed by atoms with E-state index in [0.29, 0.717) is 44.2 Å². The van der Waals surface area contributed by atoms with E-state index in [4.69, 9.17) is 14.2 Å². The zero-order chi connectivity index (χ0) is 26.6. The van der Waals surface area contributed by atoms with E-state index >= 15 is 0 Å². The van der Waals surface area contributed by atoms with Crippen molar-refractivity contribution in [3.63, 3.8) is 0 Å². The topological polar surface area (TPSA) is 114 Å². The van der Waals surface area contributed by atoms with Crippen molar-refractivity contribution in [3.05, 3.63) is 45.1 Å². The fraction of sp³-hybridized carbons (Fsp3) is 0.615. The van der Waals surface area contributed by atoms with Gasteiger partial charge in [-0.05, 0) is 57.9 Å². The molecule has 0 amide bonds. The van der Waals surface area contributed by atoms with Crippen LogP contribution in [0, 0.1) is 0 Å². The number of aryl methyl sites for hydroxylation is 1. The SMILES string of the molecule is CCCCCCCn1nc(NCCCOc2ccc(OC(C)(C)C(=O)OCC)cc2)c(=O)n(C)c1=O. The molecule has 2 rings (SSSR count). The fourth-order valence-corrected chi connectivity index (χ4v) is 3.46. The molecule has 0 aliphatic carbocycles. The third-order valence-electron chi connectivity index (χ3n) is 5.56. The molecular formula is C26H40N4O6. The third kappa shape index (κ3) is 8.73. The van der Waals surface area contributed by atoms with E-state index in [1.165, 1.54) is 18.2 Å². The minimum atomic E-state index is -1.09. The lowest BCUT2D eigenvalue weighted by atomic mass is 10.1. The number of esters is 1. The summed E-state index contributed by atoms with van der Waals surface area (Å²) in [6.07, 6.45) is 5.96. The van der Waals surface area contributed by atoms with Crippen molar-refractivity contribution >= 4 is 11.8 Å². The molecule has 0 saturated carbocycles. The van der Waals surface area contributed by atoms with Crippen molar-refractivity contribution in [2.24, 2.45) is 7.05 Å². The van der Waals surface area contributed by atoms with Crippen molar-refractivity contribution in [2.45, 2.75) is 78.4 Å². The van der Waals surface area contributed by atoms with Crippen molar-refractivity contribution in [1.82, 2.24) is 14.3 Å². The summed E-state index contributed by atoms with van der Waals surface area (Å²) in [4.78, 5) is 36.7. The van der Waals surface area contributed by atoms with Crippen LogP contribution >= 0.6 is 0 Å². The average molecular weight is 505 g/mol. The van der Waals surface area contributed by atoms with Gasteiger partial charge in [-0.25, -0.2) is 14.3 Å². The maximum atomic E-state index is 12.4. The van der Waals surface area contributed by atoms with Crippen LogP contribution in [0.1, 0.15) is 66.2 Å². The predicted octanol–water partition coefficient (Wildman–Crippen LogP) is 3.51. The molecular weight excluding hydrogens is 464 g/mol. The first-order chi connectivity index (χ1) is 17.2. The van der Waals surface area contributed by atoms with Gasteiger partial charge in [0.15, 0.2) is 5.60 Å². The number of anilines is 1. The summed E-state index contributed by atoms with van der Waals surface area (Å²) in [7, 11) is 1.47. The summed E-state index contributed by atoms with van der Waals surface area (Å²) in [6, 6.07) is 6.98. The second kappa shape index (κ2) is 14.3. The number of nitrogens with zero attached hydrogens (tertiary/aromatic N) is 3. The summed E-state index contributed by atoms with van der Waals surface area (Å²) >= 11 is 0.